The third-order valence-electron chi connectivity index (χ3n) is 4.29. The normalized spacial score (nSPS) is 11.1. The van der Waals surface area contributed by atoms with Gasteiger partial charge in [0.25, 0.3) is 0 Å². The minimum atomic E-state index is 0.755. The van der Waals surface area contributed by atoms with Crippen LogP contribution in [0.15, 0.2) is 57.6 Å². The number of hydrogen-bond donors (Lipinski definition) is 1. The Hall–Kier alpha value is -1.78. The second kappa shape index (κ2) is 9.07. The summed E-state index contributed by atoms with van der Waals surface area (Å²) < 4.78 is 12.7. The van der Waals surface area contributed by atoms with Crippen molar-refractivity contribution in [2.45, 2.75) is 25.7 Å². The van der Waals surface area contributed by atoms with Gasteiger partial charge < -0.3 is 14.5 Å². The van der Waals surface area contributed by atoms with Gasteiger partial charge in [-0.05, 0) is 56.3 Å². The highest BCUT2D eigenvalue weighted by molar-refractivity contribution is 9.10. The number of benzene rings is 2. The van der Waals surface area contributed by atoms with Crippen molar-refractivity contribution in [1.82, 2.24) is 5.32 Å². The Morgan fingerprint density at radius 2 is 1.80 bits per heavy atom. The molecule has 4 heteroatoms. The van der Waals surface area contributed by atoms with Crippen LogP contribution >= 0.6 is 15.9 Å². The van der Waals surface area contributed by atoms with E-state index in [1.54, 1.807) is 0 Å². The molecule has 0 aliphatic carbocycles. The summed E-state index contributed by atoms with van der Waals surface area (Å²) in [5, 5.41) is 4.29. The number of nitrogens with one attached hydrogen (secondary N) is 1. The van der Waals surface area contributed by atoms with E-state index in [1.165, 1.54) is 19.3 Å². The van der Waals surface area contributed by atoms with E-state index in [0.717, 1.165) is 51.9 Å². The van der Waals surface area contributed by atoms with Gasteiger partial charge in [0.1, 0.15) is 11.3 Å². The summed E-state index contributed by atoms with van der Waals surface area (Å²) in [5.41, 5.74) is 3.13. The Morgan fingerprint density at radius 3 is 2.60 bits per heavy atom. The van der Waals surface area contributed by atoms with Crippen LogP contribution in [0.5, 0.6) is 5.75 Å². The lowest BCUT2D eigenvalue weighted by Crippen LogP contribution is -2.07. The molecule has 0 aliphatic rings. The SMILES string of the molecule is CNCCCCCCOc1ccc2c(-c3ccc(Br)cc3)coc2c1. The topological polar surface area (TPSA) is 34.4 Å². The summed E-state index contributed by atoms with van der Waals surface area (Å²) in [6, 6.07) is 14.4. The Morgan fingerprint density at radius 1 is 1.00 bits per heavy atom. The van der Waals surface area contributed by atoms with Crippen LogP contribution in [0.4, 0.5) is 0 Å². The molecule has 0 amide bonds. The maximum Gasteiger partial charge on any atom is 0.138 e. The van der Waals surface area contributed by atoms with Crippen LogP contribution in [0.1, 0.15) is 25.7 Å². The largest absolute Gasteiger partial charge is 0.493 e. The summed E-state index contributed by atoms with van der Waals surface area (Å²) in [4.78, 5) is 0. The smallest absolute Gasteiger partial charge is 0.138 e. The minimum Gasteiger partial charge on any atom is -0.493 e. The molecule has 1 N–H and O–H groups in total. The van der Waals surface area contributed by atoms with Crippen molar-refractivity contribution in [2.75, 3.05) is 20.2 Å². The van der Waals surface area contributed by atoms with Crippen molar-refractivity contribution >= 4 is 26.9 Å². The van der Waals surface area contributed by atoms with Gasteiger partial charge in [0.15, 0.2) is 0 Å². The zero-order valence-corrected chi connectivity index (χ0v) is 16.1. The van der Waals surface area contributed by atoms with Gasteiger partial charge in [-0.1, -0.05) is 40.9 Å². The average Bonchev–Trinajstić information content (AvgIpc) is 3.05. The molecular weight excluding hydrogens is 378 g/mol. The number of hydrogen-bond acceptors (Lipinski definition) is 3. The summed E-state index contributed by atoms with van der Waals surface area (Å²) in [5.74, 6) is 0.874. The number of unbranched alkanes of at least 4 members (excludes halogenated alkanes) is 3. The van der Waals surface area contributed by atoms with E-state index in [0.29, 0.717) is 0 Å². The average molecular weight is 402 g/mol. The lowest BCUT2D eigenvalue weighted by atomic mass is 10.1. The predicted molar refractivity (Wildman–Crippen MR) is 107 cm³/mol. The Kier molecular flexibility index (Phi) is 6.54. The highest BCUT2D eigenvalue weighted by Crippen LogP contribution is 2.33. The fourth-order valence-electron chi connectivity index (χ4n) is 2.90. The molecule has 0 saturated carbocycles. The van der Waals surface area contributed by atoms with Gasteiger partial charge >= 0.3 is 0 Å². The molecule has 1 heterocycles. The van der Waals surface area contributed by atoms with Gasteiger partial charge in [-0.25, -0.2) is 0 Å². The monoisotopic (exact) mass is 401 g/mol. The van der Waals surface area contributed by atoms with E-state index < -0.39 is 0 Å². The lowest BCUT2D eigenvalue weighted by Gasteiger charge is -2.06. The molecule has 3 rings (SSSR count). The number of halogens is 1. The molecular formula is C21H24BrNO2. The van der Waals surface area contributed by atoms with Crippen LogP contribution in [-0.2, 0) is 0 Å². The van der Waals surface area contributed by atoms with E-state index in [2.05, 4.69) is 39.4 Å². The molecule has 0 saturated heterocycles. The fraction of sp³-hybridized carbons (Fsp3) is 0.333. The van der Waals surface area contributed by atoms with E-state index in [9.17, 15) is 0 Å². The molecule has 0 bridgehead atoms. The zero-order valence-electron chi connectivity index (χ0n) is 14.6. The molecule has 0 aliphatic heterocycles. The number of furan rings is 1. The van der Waals surface area contributed by atoms with E-state index in [4.69, 9.17) is 9.15 Å². The van der Waals surface area contributed by atoms with Crippen LogP contribution in [0.3, 0.4) is 0 Å². The van der Waals surface area contributed by atoms with Gasteiger partial charge in [0, 0.05) is 21.5 Å². The molecule has 0 atom stereocenters. The third-order valence-corrected chi connectivity index (χ3v) is 4.82. The summed E-state index contributed by atoms with van der Waals surface area (Å²) in [7, 11) is 2.00. The Balaban J connectivity index is 1.59. The third kappa shape index (κ3) is 4.86. The molecule has 0 spiro atoms. The number of fused-ring (bicyclic) bond motifs is 1. The van der Waals surface area contributed by atoms with Crippen LogP contribution in [0, 0.1) is 0 Å². The van der Waals surface area contributed by atoms with E-state index >= 15 is 0 Å². The molecule has 3 nitrogen and oxygen atoms in total. The molecule has 132 valence electrons. The Bertz CT molecular complexity index is 795. The van der Waals surface area contributed by atoms with Crippen molar-refractivity contribution in [3.05, 3.63) is 53.2 Å². The second-order valence-corrected chi connectivity index (χ2v) is 7.10. The molecule has 3 aromatic rings. The molecule has 25 heavy (non-hydrogen) atoms. The maximum absolute atomic E-state index is 5.87. The highest BCUT2D eigenvalue weighted by Gasteiger charge is 2.09. The lowest BCUT2D eigenvalue weighted by molar-refractivity contribution is 0.304. The second-order valence-electron chi connectivity index (χ2n) is 6.18. The zero-order chi connectivity index (χ0) is 17.5. The first-order chi connectivity index (χ1) is 12.3. The number of ether oxygens (including phenoxy) is 1. The van der Waals surface area contributed by atoms with Gasteiger partial charge in [-0.2, -0.15) is 0 Å². The first-order valence-electron chi connectivity index (χ1n) is 8.82. The molecule has 0 fully saturated rings. The minimum absolute atomic E-state index is 0.755. The van der Waals surface area contributed by atoms with Crippen molar-refractivity contribution in [2.24, 2.45) is 0 Å². The first kappa shape index (κ1) is 18.0. The summed E-state index contributed by atoms with van der Waals surface area (Å²) >= 11 is 3.47. The maximum atomic E-state index is 5.87. The Labute approximate surface area is 157 Å². The fourth-order valence-corrected chi connectivity index (χ4v) is 3.16. The van der Waals surface area contributed by atoms with Crippen LogP contribution in [0.25, 0.3) is 22.1 Å². The van der Waals surface area contributed by atoms with Gasteiger partial charge in [-0.3, -0.25) is 0 Å². The van der Waals surface area contributed by atoms with Gasteiger partial charge in [-0.15, -0.1) is 0 Å². The van der Waals surface area contributed by atoms with E-state index in [-0.39, 0.29) is 0 Å². The highest BCUT2D eigenvalue weighted by atomic mass is 79.9. The van der Waals surface area contributed by atoms with Crippen LogP contribution in [-0.4, -0.2) is 20.2 Å². The molecule has 1 aromatic heterocycles. The van der Waals surface area contributed by atoms with Gasteiger partial charge in [0.2, 0.25) is 0 Å². The van der Waals surface area contributed by atoms with Crippen molar-refractivity contribution in [3.8, 4) is 16.9 Å². The predicted octanol–water partition coefficient (Wildman–Crippen LogP) is 6.02. The van der Waals surface area contributed by atoms with Crippen molar-refractivity contribution in [1.29, 1.82) is 0 Å². The van der Waals surface area contributed by atoms with Crippen molar-refractivity contribution < 1.29 is 9.15 Å². The van der Waals surface area contributed by atoms with E-state index in [1.807, 2.05) is 37.6 Å². The molecule has 0 unspecified atom stereocenters. The number of rotatable bonds is 9. The summed E-state index contributed by atoms with van der Waals surface area (Å²) in [6.45, 7) is 1.85. The summed E-state index contributed by atoms with van der Waals surface area (Å²) in [6.07, 6.45) is 6.59. The van der Waals surface area contributed by atoms with Crippen LogP contribution < -0.4 is 10.1 Å². The first-order valence-corrected chi connectivity index (χ1v) is 9.62. The standard InChI is InChI=1S/C21H24BrNO2/c1-23-12-4-2-3-5-13-24-18-10-11-19-20(15-25-21(19)14-18)16-6-8-17(22)9-7-16/h6-11,14-15,23H,2-5,12-13H2,1H3. The molecule has 0 radical (unpaired) electrons. The van der Waals surface area contributed by atoms with Crippen molar-refractivity contribution in [3.63, 3.8) is 0 Å². The van der Waals surface area contributed by atoms with Crippen LogP contribution in [0.2, 0.25) is 0 Å². The quantitative estimate of drug-likeness (QED) is 0.445. The van der Waals surface area contributed by atoms with Gasteiger partial charge in [0.05, 0.1) is 12.9 Å². The molecule has 2 aromatic carbocycles.